The Balaban J connectivity index is 2.66. The summed E-state index contributed by atoms with van der Waals surface area (Å²) in [6.45, 7) is -0.159. The fourth-order valence-corrected chi connectivity index (χ4v) is 0.695. The van der Waals surface area contributed by atoms with Gasteiger partial charge in [-0.15, -0.1) is 0 Å². The maximum Gasteiger partial charge on any atom is 0.507 e. The molecular formula is C8H7F2O. The Morgan fingerprint density at radius 3 is 2.18 bits per heavy atom. The van der Waals surface area contributed by atoms with Crippen LogP contribution in [0.1, 0.15) is 5.56 Å². The van der Waals surface area contributed by atoms with Gasteiger partial charge in [-0.3, -0.25) is 0 Å². The third kappa shape index (κ3) is 2.53. The van der Waals surface area contributed by atoms with E-state index in [0.29, 0.717) is 0 Å². The topological polar surface area (TPSA) is 9.23 Å². The Bertz CT molecular complexity index is 218. The van der Waals surface area contributed by atoms with Crippen molar-refractivity contribution in [2.75, 3.05) is 0 Å². The van der Waals surface area contributed by atoms with Gasteiger partial charge < -0.3 is 4.74 Å². The number of rotatable bonds is 2. The van der Waals surface area contributed by atoms with Gasteiger partial charge in [-0.2, -0.15) is 8.78 Å². The van der Waals surface area contributed by atoms with Crippen molar-refractivity contribution in [3.63, 3.8) is 0 Å². The molecule has 3 heteroatoms. The molecule has 0 aliphatic rings. The highest BCUT2D eigenvalue weighted by Crippen LogP contribution is 2.16. The highest BCUT2D eigenvalue weighted by Gasteiger charge is 2.06. The van der Waals surface area contributed by atoms with Crippen LogP contribution in [0.2, 0.25) is 0 Å². The minimum absolute atomic E-state index is 0.163. The molecule has 0 amide bonds. The third-order valence-electron chi connectivity index (χ3n) is 1.22. The van der Waals surface area contributed by atoms with Crippen molar-refractivity contribution < 1.29 is 13.5 Å². The number of hydrogen-bond acceptors (Lipinski definition) is 1. The van der Waals surface area contributed by atoms with Crippen LogP contribution in [-0.4, -0.2) is 0 Å². The van der Waals surface area contributed by atoms with Crippen LogP contribution in [0.15, 0.2) is 24.3 Å². The second kappa shape index (κ2) is 3.32. The maximum absolute atomic E-state index is 11.5. The molecule has 0 spiro atoms. The van der Waals surface area contributed by atoms with Crippen molar-refractivity contribution >= 4 is 0 Å². The van der Waals surface area contributed by atoms with Gasteiger partial charge in [-0.05, 0) is 19.1 Å². The van der Waals surface area contributed by atoms with Crippen LogP contribution in [-0.2, 0) is 0 Å². The first kappa shape index (κ1) is 7.98. The molecule has 0 aliphatic heterocycles. The average molecular weight is 157 g/mol. The summed E-state index contributed by atoms with van der Waals surface area (Å²) in [6.07, 6.45) is 0. The number of halogens is 2. The summed E-state index contributed by atoms with van der Waals surface area (Å²) in [5.74, 6) is 0.163. The van der Waals surface area contributed by atoms with Crippen LogP contribution in [0.4, 0.5) is 8.78 Å². The molecule has 0 atom stereocenters. The quantitative estimate of drug-likeness (QED) is 0.641. The van der Waals surface area contributed by atoms with Gasteiger partial charge in [0.1, 0.15) is 5.75 Å². The molecule has 1 aromatic carbocycles. The Morgan fingerprint density at radius 1 is 1.18 bits per heavy atom. The fraction of sp³-hybridized carbons (Fsp3) is 0.125. The van der Waals surface area contributed by atoms with E-state index >= 15 is 0 Å². The van der Waals surface area contributed by atoms with Crippen molar-refractivity contribution in [1.82, 2.24) is 0 Å². The van der Waals surface area contributed by atoms with Crippen molar-refractivity contribution in [1.29, 1.82) is 0 Å². The lowest BCUT2D eigenvalue weighted by Crippen LogP contribution is -1.92. The summed E-state index contributed by atoms with van der Waals surface area (Å²) >= 11 is 0. The SMILES string of the molecule is Cc1ccc(O[C](F)F)cc1. The van der Waals surface area contributed by atoms with E-state index in [-0.39, 0.29) is 5.75 Å². The molecule has 11 heavy (non-hydrogen) atoms. The van der Waals surface area contributed by atoms with E-state index in [4.69, 9.17) is 0 Å². The van der Waals surface area contributed by atoms with E-state index in [2.05, 4.69) is 4.74 Å². The zero-order valence-corrected chi connectivity index (χ0v) is 5.97. The Labute approximate surface area is 63.6 Å². The minimum atomic E-state index is -2.03. The van der Waals surface area contributed by atoms with Gasteiger partial charge >= 0.3 is 6.61 Å². The van der Waals surface area contributed by atoms with Gasteiger partial charge in [0.2, 0.25) is 0 Å². The zero-order valence-electron chi connectivity index (χ0n) is 5.97. The van der Waals surface area contributed by atoms with Crippen molar-refractivity contribution in [3.05, 3.63) is 36.4 Å². The highest BCUT2D eigenvalue weighted by molar-refractivity contribution is 5.26. The summed E-state index contributed by atoms with van der Waals surface area (Å²) in [5, 5.41) is 0. The molecule has 0 heterocycles. The summed E-state index contributed by atoms with van der Waals surface area (Å²) in [6, 6.07) is 6.40. The van der Waals surface area contributed by atoms with E-state index in [1.54, 1.807) is 12.1 Å². The van der Waals surface area contributed by atoms with Crippen LogP contribution in [0, 0.1) is 13.5 Å². The fourth-order valence-electron chi connectivity index (χ4n) is 0.695. The second-order valence-electron chi connectivity index (χ2n) is 2.14. The zero-order chi connectivity index (χ0) is 8.27. The van der Waals surface area contributed by atoms with Gasteiger partial charge in [0.05, 0.1) is 0 Å². The predicted molar refractivity (Wildman–Crippen MR) is 37.3 cm³/mol. The van der Waals surface area contributed by atoms with Crippen LogP contribution in [0.25, 0.3) is 0 Å². The van der Waals surface area contributed by atoms with E-state index in [0.717, 1.165) is 5.56 Å². The molecule has 59 valence electrons. The first-order valence-corrected chi connectivity index (χ1v) is 3.11. The smallest absolute Gasteiger partial charge is 0.425 e. The second-order valence-corrected chi connectivity index (χ2v) is 2.14. The van der Waals surface area contributed by atoms with Gasteiger partial charge in [0.15, 0.2) is 0 Å². The summed E-state index contributed by atoms with van der Waals surface area (Å²) in [4.78, 5) is 0. The minimum Gasteiger partial charge on any atom is -0.425 e. The van der Waals surface area contributed by atoms with Gasteiger partial charge in [0, 0.05) is 0 Å². The number of aryl methyl sites for hydroxylation is 1. The molecule has 0 aromatic heterocycles. The average Bonchev–Trinajstić information content (AvgIpc) is 1.93. The van der Waals surface area contributed by atoms with E-state index in [9.17, 15) is 8.78 Å². The normalized spacial score (nSPS) is 10.2. The summed E-state index contributed by atoms with van der Waals surface area (Å²) in [7, 11) is 0. The molecule has 1 radical (unpaired) electrons. The van der Waals surface area contributed by atoms with Crippen LogP contribution < -0.4 is 4.74 Å². The first-order valence-electron chi connectivity index (χ1n) is 3.11. The standard InChI is InChI=1S/C8H7F2O/c1-6-2-4-7(5-3-6)11-8(9)10/h2-5H,1H3. The summed E-state index contributed by atoms with van der Waals surface area (Å²) < 4.78 is 27.1. The lowest BCUT2D eigenvalue weighted by Gasteiger charge is -2.00. The Hall–Kier alpha value is -1.12. The molecule has 1 nitrogen and oxygen atoms in total. The van der Waals surface area contributed by atoms with Crippen molar-refractivity contribution in [3.8, 4) is 5.75 Å². The van der Waals surface area contributed by atoms with Crippen molar-refractivity contribution in [2.24, 2.45) is 0 Å². The van der Waals surface area contributed by atoms with Crippen LogP contribution >= 0.6 is 0 Å². The van der Waals surface area contributed by atoms with Crippen molar-refractivity contribution in [2.45, 2.75) is 6.92 Å². The van der Waals surface area contributed by atoms with Gasteiger partial charge in [-0.25, -0.2) is 0 Å². The first-order chi connectivity index (χ1) is 5.18. The van der Waals surface area contributed by atoms with Crippen LogP contribution in [0.3, 0.4) is 0 Å². The number of hydrogen-bond donors (Lipinski definition) is 0. The van der Waals surface area contributed by atoms with E-state index in [1.165, 1.54) is 12.1 Å². The lowest BCUT2D eigenvalue weighted by atomic mass is 10.2. The molecule has 0 saturated heterocycles. The molecule has 0 saturated carbocycles. The molecule has 1 rings (SSSR count). The number of ether oxygens (including phenoxy) is 1. The molecule has 0 fully saturated rings. The maximum atomic E-state index is 11.5. The Kier molecular flexibility index (Phi) is 2.41. The molecule has 0 bridgehead atoms. The highest BCUT2D eigenvalue weighted by atomic mass is 19.3. The Morgan fingerprint density at radius 2 is 1.73 bits per heavy atom. The predicted octanol–water partition coefficient (Wildman–Crippen LogP) is 2.76. The van der Waals surface area contributed by atoms with Crippen LogP contribution in [0.5, 0.6) is 5.75 Å². The monoisotopic (exact) mass is 157 g/mol. The van der Waals surface area contributed by atoms with Gasteiger partial charge in [-0.1, -0.05) is 17.7 Å². The van der Waals surface area contributed by atoms with Gasteiger partial charge in [0.25, 0.3) is 0 Å². The largest absolute Gasteiger partial charge is 0.507 e. The van der Waals surface area contributed by atoms with E-state index < -0.39 is 6.61 Å². The molecular weight excluding hydrogens is 150 g/mol. The third-order valence-corrected chi connectivity index (χ3v) is 1.22. The lowest BCUT2D eigenvalue weighted by molar-refractivity contribution is 0.0750. The molecule has 0 unspecified atom stereocenters. The van der Waals surface area contributed by atoms with E-state index in [1.807, 2.05) is 6.92 Å². The summed E-state index contributed by atoms with van der Waals surface area (Å²) in [5.41, 5.74) is 1.01. The molecule has 1 aromatic rings. The molecule has 0 N–H and O–H groups in total. The molecule has 0 aliphatic carbocycles. The number of benzene rings is 1.